The van der Waals surface area contributed by atoms with Crippen molar-refractivity contribution in [2.24, 2.45) is 5.92 Å². The Morgan fingerprint density at radius 2 is 2.16 bits per heavy atom. The van der Waals surface area contributed by atoms with Crippen molar-refractivity contribution in [3.05, 3.63) is 29.3 Å². The normalized spacial score (nSPS) is 14.5. The fraction of sp³-hybridized carbons (Fsp3) is 0.562. The zero-order chi connectivity index (χ0) is 13.8. The number of nitriles is 1. The van der Waals surface area contributed by atoms with Gasteiger partial charge >= 0.3 is 0 Å². The maximum Gasteiger partial charge on any atom is 0.101 e. The van der Waals surface area contributed by atoms with Gasteiger partial charge in [0.05, 0.1) is 17.9 Å². The Bertz CT molecular complexity index is 472. The molecule has 0 aromatic heterocycles. The molecule has 1 fully saturated rings. The topological polar surface area (TPSA) is 47.3 Å². The van der Waals surface area contributed by atoms with Crippen LogP contribution in [0.15, 0.2) is 18.2 Å². The standard InChI is InChI=1S/C16H22N2O/c1-12(2)7-8-18(15-4-5-15)16-6-3-13(11-19)9-14(16)10-17/h3,6,9,12,15,19H,4-5,7-8,11H2,1-2H3. The van der Waals surface area contributed by atoms with Crippen LogP contribution in [-0.4, -0.2) is 17.7 Å². The molecule has 0 unspecified atom stereocenters. The van der Waals surface area contributed by atoms with Crippen molar-refractivity contribution in [2.45, 2.75) is 45.8 Å². The van der Waals surface area contributed by atoms with Gasteiger partial charge in [0.1, 0.15) is 6.07 Å². The Kier molecular flexibility index (Phi) is 4.44. The fourth-order valence-corrected chi connectivity index (χ4v) is 2.30. The number of rotatable bonds is 6. The number of anilines is 1. The fourth-order valence-electron chi connectivity index (χ4n) is 2.30. The zero-order valence-electron chi connectivity index (χ0n) is 11.8. The molecule has 0 aliphatic heterocycles. The number of nitrogens with zero attached hydrogens (tertiary/aromatic N) is 2. The average Bonchev–Trinajstić information content (AvgIpc) is 3.23. The van der Waals surface area contributed by atoms with Gasteiger partial charge in [-0.15, -0.1) is 0 Å². The Morgan fingerprint density at radius 1 is 1.42 bits per heavy atom. The van der Waals surface area contributed by atoms with Crippen LogP contribution in [0, 0.1) is 17.2 Å². The van der Waals surface area contributed by atoms with Crippen LogP contribution in [0.25, 0.3) is 0 Å². The number of aliphatic hydroxyl groups excluding tert-OH is 1. The molecular formula is C16H22N2O. The molecular weight excluding hydrogens is 236 g/mol. The van der Waals surface area contributed by atoms with Gasteiger partial charge in [-0.1, -0.05) is 19.9 Å². The summed E-state index contributed by atoms with van der Waals surface area (Å²) in [7, 11) is 0. The van der Waals surface area contributed by atoms with E-state index in [-0.39, 0.29) is 6.61 Å². The van der Waals surface area contributed by atoms with Gasteiger partial charge in [0.15, 0.2) is 0 Å². The lowest BCUT2D eigenvalue weighted by atomic mass is 10.1. The van der Waals surface area contributed by atoms with Crippen molar-refractivity contribution in [3.8, 4) is 6.07 Å². The predicted molar refractivity (Wildman–Crippen MR) is 76.9 cm³/mol. The Morgan fingerprint density at radius 3 is 2.68 bits per heavy atom. The minimum absolute atomic E-state index is 0.00954. The van der Waals surface area contributed by atoms with Crippen LogP contribution in [0.5, 0.6) is 0 Å². The Balaban J connectivity index is 2.23. The molecule has 3 nitrogen and oxygen atoms in total. The van der Waals surface area contributed by atoms with E-state index in [1.54, 1.807) is 6.07 Å². The lowest BCUT2D eigenvalue weighted by Gasteiger charge is -2.26. The molecule has 0 amide bonds. The van der Waals surface area contributed by atoms with Crippen molar-refractivity contribution in [1.29, 1.82) is 5.26 Å². The van der Waals surface area contributed by atoms with Crippen LogP contribution in [-0.2, 0) is 6.61 Å². The largest absolute Gasteiger partial charge is 0.392 e. The molecule has 1 aliphatic carbocycles. The molecule has 1 aliphatic rings. The van der Waals surface area contributed by atoms with Gasteiger partial charge in [-0.25, -0.2) is 0 Å². The molecule has 1 N–H and O–H groups in total. The summed E-state index contributed by atoms with van der Waals surface area (Å²) in [6.07, 6.45) is 3.60. The van der Waals surface area contributed by atoms with E-state index in [4.69, 9.17) is 5.11 Å². The molecule has 0 spiro atoms. The van der Waals surface area contributed by atoms with Crippen LogP contribution in [0.4, 0.5) is 5.69 Å². The van der Waals surface area contributed by atoms with E-state index in [1.807, 2.05) is 12.1 Å². The Hall–Kier alpha value is -1.53. The highest BCUT2D eigenvalue weighted by molar-refractivity contribution is 5.61. The zero-order valence-corrected chi connectivity index (χ0v) is 11.8. The van der Waals surface area contributed by atoms with Gasteiger partial charge in [-0.05, 0) is 42.9 Å². The van der Waals surface area contributed by atoms with Crippen molar-refractivity contribution >= 4 is 5.69 Å². The molecule has 19 heavy (non-hydrogen) atoms. The van der Waals surface area contributed by atoms with Crippen molar-refractivity contribution < 1.29 is 5.11 Å². The second-order valence-corrected chi connectivity index (χ2v) is 5.73. The minimum atomic E-state index is -0.00954. The summed E-state index contributed by atoms with van der Waals surface area (Å²) in [5.41, 5.74) is 2.52. The van der Waals surface area contributed by atoms with Crippen LogP contribution in [0.1, 0.15) is 44.2 Å². The lowest BCUT2D eigenvalue weighted by molar-refractivity contribution is 0.282. The first kappa shape index (κ1) is 13.9. The highest BCUT2D eigenvalue weighted by atomic mass is 16.3. The first-order chi connectivity index (χ1) is 9.15. The summed E-state index contributed by atoms with van der Waals surface area (Å²) in [5, 5.41) is 18.5. The second-order valence-electron chi connectivity index (χ2n) is 5.73. The molecule has 3 heteroatoms. The van der Waals surface area contributed by atoms with Crippen molar-refractivity contribution in [1.82, 2.24) is 0 Å². The van der Waals surface area contributed by atoms with E-state index in [1.165, 1.54) is 12.8 Å². The van der Waals surface area contributed by atoms with Crippen LogP contribution in [0.2, 0.25) is 0 Å². The van der Waals surface area contributed by atoms with Gasteiger partial charge in [-0.2, -0.15) is 5.26 Å². The van der Waals surface area contributed by atoms with Gasteiger partial charge < -0.3 is 10.0 Å². The van der Waals surface area contributed by atoms with E-state index < -0.39 is 0 Å². The average molecular weight is 258 g/mol. The third-order valence-electron chi connectivity index (χ3n) is 3.61. The summed E-state index contributed by atoms with van der Waals surface area (Å²) in [6.45, 7) is 5.45. The summed E-state index contributed by atoms with van der Waals surface area (Å²) < 4.78 is 0. The highest BCUT2D eigenvalue weighted by Gasteiger charge is 2.30. The first-order valence-corrected chi connectivity index (χ1v) is 7.06. The Labute approximate surface area is 115 Å². The molecule has 1 saturated carbocycles. The van der Waals surface area contributed by atoms with Gasteiger partial charge in [0.25, 0.3) is 0 Å². The van der Waals surface area contributed by atoms with Crippen LogP contribution in [0.3, 0.4) is 0 Å². The van der Waals surface area contributed by atoms with Gasteiger partial charge in [0, 0.05) is 12.6 Å². The number of hydrogen-bond donors (Lipinski definition) is 1. The SMILES string of the molecule is CC(C)CCN(c1ccc(CO)cc1C#N)C1CC1. The monoisotopic (exact) mass is 258 g/mol. The van der Waals surface area contributed by atoms with Crippen molar-refractivity contribution in [3.63, 3.8) is 0 Å². The van der Waals surface area contributed by atoms with Gasteiger partial charge in [0.2, 0.25) is 0 Å². The molecule has 0 radical (unpaired) electrons. The highest BCUT2D eigenvalue weighted by Crippen LogP contribution is 2.34. The maximum atomic E-state index is 9.31. The van der Waals surface area contributed by atoms with Gasteiger partial charge in [-0.3, -0.25) is 0 Å². The number of hydrogen-bond acceptors (Lipinski definition) is 3. The van der Waals surface area contributed by atoms with Crippen molar-refractivity contribution in [2.75, 3.05) is 11.4 Å². The molecule has 2 rings (SSSR count). The molecule has 102 valence electrons. The number of benzene rings is 1. The minimum Gasteiger partial charge on any atom is -0.392 e. The quantitative estimate of drug-likeness (QED) is 0.853. The van der Waals surface area contributed by atoms with E-state index >= 15 is 0 Å². The summed E-state index contributed by atoms with van der Waals surface area (Å²) in [5.74, 6) is 0.670. The summed E-state index contributed by atoms with van der Waals surface area (Å²) >= 11 is 0. The smallest absolute Gasteiger partial charge is 0.101 e. The number of aliphatic hydroxyl groups is 1. The van der Waals surface area contributed by atoms with E-state index in [0.717, 1.165) is 24.2 Å². The molecule has 1 aromatic rings. The summed E-state index contributed by atoms with van der Waals surface area (Å²) in [4.78, 5) is 2.37. The molecule has 0 saturated heterocycles. The molecule has 1 aromatic carbocycles. The van der Waals surface area contributed by atoms with Crippen LogP contribution < -0.4 is 4.90 Å². The molecule has 0 bridgehead atoms. The first-order valence-electron chi connectivity index (χ1n) is 7.06. The molecule has 0 heterocycles. The van der Waals surface area contributed by atoms with Crippen LogP contribution >= 0.6 is 0 Å². The molecule has 0 atom stereocenters. The second kappa shape index (κ2) is 6.08. The lowest BCUT2D eigenvalue weighted by Crippen LogP contribution is -2.28. The summed E-state index contributed by atoms with van der Waals surface area (Å²) in [6, 6.07) is 8.58. The maximum absolute atomic E-state index is 9.31. The van der Waals surface area contributed by atoms with E-state index in [2.05, 4.69) is 24.8 Å². The predicted octanol–water partition coefficient (Wildman–Crippen LogP) is 3.07. The third kappa shape index (κ3) is 3.48. The van der Waals surface area contributed by atoms with E-state index in [0.29, 0.717) is 17.5 Å². The van der Waals surface area contributed by atoms with E-state index in [9.17, 15) is 5.26 Å². The third-order valence-corrected chi connectivity index (χ3v) is 3.61.